The number of halogens is 2. The lowest BCUT2D eigenvalue weighted by atomic mass is 9.85. The Morgan fingerprint density at radius 3 is 2.40 bits per heavy atom. The highest BCUT2D eigenvalue weighted by atomic mass is 79.9. The minimum absolute atomic E-state index is 0.491. The fourth-order valence-electron chi connectivity index (χ4n) is 1.01. The molecule has 0 aliphatic heterocycles. The van der Waals surface area contributed by atoms with Gasteiger partial charge in [-0.2, -0.15) is 5.26 Å². The summed E-state index contributed by atoms with van der Waals surface area (Å²) in [6, 6.07) is 2.27. The van der Waals surface area contributed by atoms with Gasteiger partial charge in [0, 0.05) is 10.7 Å². The predicted molar refractivity (Wildman–Crippen MR) is 73.3 cm³/mol. The zero-order valence-electron chi connectivity index (χ0n) is 9.06. The molecule has 0 aromatic rings. The monoisotopic (exact) mass is 331 g/mol. The summed E-state index contributed by atoms with van der Waals surface area (Å²) >= 11 is 6.77. The van der Waals surface area contributed by atoms with E-state index in [2.05, 4.69) is 50.6 Å². The zero-order valence-corrected chi connectivity index (χ0v) is 12.2. The van der Waals surface area contributed by atoms with Crippen molar-refractivity contribution in [3.63, 3.8) is 0 Å². The van der Waals surface area contributed by atoms with Crippen LogP contribution in [0.1, 0.15) is 13.8 Å². The van der Waals surface area contributed by atoms with Crippen LogP contribution in [0, 0.1) is 16.7 Å². The Labute approximate surface area is 109 Å². The first-order valence-corrected chi connectivity index (χ1v) is 6.83. The second-order valence-electron chi connectivity index (χ2n) is 3.61. The number of hydrogen-bond acceptors (Lipinski definition) is 1. The van der Waals surface area contributed by atoms with Crippen molar-refractivity contribution in [3.8, 4) is 6.07 Å². The molecule has 0 saturated carbocycles. The minimum Gasteiger partial charge on any atom is -0.197 e. The average Bonchev–Trinajstić information content (AvgIpc) is 2.23. The molecule has 0 aromatic heterocycles. The molecule has 0 aliphatic rings. The average molecular weight is 333 g/mol. The summed E-state index contributed by atoms with van der Waals surface area (Å²) in [6.07, 6.45) is 5.81. The number of rotatable bonds is 5. The van der Waals surface area contributed by atoms with Crippen molar-refractivity contribution < 1.29 is 0 Å². The molecule has 0 bridgehead atoms. The first-order chi connectivity index (χ1) is 7.01. The third-order valence-corrected chi connectivity index (χ3v) is 3.03. The molecule has 0 saturated heterocycles. The van der Waals surface area contributed by atoms with E-state index in [9.17, 15) is 0 Å². The molecule has 0 aliphatic carbocycles. The van der Waals surface area contributed by atoms with Crippen molar-refractivity contribution in [3.05, 3.63) is 36.0 Å². The van der Waals surface area contributed by atoms with Crippen molar-refractivity contribution >= 4 is 31.9 Å². The molecule has 1 nitrogen and oxygen atoms in total. The topological polar surface area (TPSA) is 23.8 Å². The smallest absolute Gasteiger partial charge is 0.0766 e. The maximum atomic E-state index is 9.03. The number of hydrogen-bond donors (Lipinski definition) is 0. The van der Waals surface area contributed by atoms with E-state index in [0.717, 1.165) is 21.8 Å². The summed E-state index contributed by atoms with van der Waals surface area (Å²) in [5, 5.41) is 10.6. The van der Waals surface area contributed by atoms with Crippen LogP contribution in [0.3, 0.4) is 0 Å². The largest absolute Gasteiger partial charge is 0.197 e. The van der Waals surface area contributed by atoms with Gasteiger partial charge in [0.2, 0.25) is 0 Å². The number of nitrogens with zero attached hydrogens (tertiary/aromatic N) is 1. The third-order valence-electron chi connectivity index (χ3n) is 2.06. The van der Waals surface area contributed by atoms with Crippen LogP contribution in [0.25, 0.3) is 0 Å². The molecular weight excluding hydrogens is 318 g/mol. The number of allylic oxidation sites excluding steroid dienone is 5. The third kappa shape index (κ3) is 4.81. The molecule has 3 heteroatoms. The van der Waals surface area contributed by atoms with Gasteiger partial charge in [-0.05, 0) is 25.0 Å². The zero-order chi connectivity index (χ0) is 11.9. The second-order valence-corrected chi connectivity index (χ2v) is 4.82. The summed E-state index contributed by atoms with van der Waals surface area (Å²) in [4.78, 5) is 0. The molecule has 0 N–H and O–H groups in total. The van der Waals surface area contributed by atoms with Gasteiger partial charge in [0.1, 0.15) is 0 Å². The van der Waals surface area contributed by atoms with Gasteiger partial charge < -0.3 is 0 Å². The van der Waals surface area contributed by atoms with Crippen LogP contribution in [-0.2, 0) is 0 Å². The maximum Gasteiger partial charge on any atom is 0.0766 e. The van der Waals surface area contributed by atoms with Crippen LogP contribution >= 0.6 is 31.9 Å². The second kappa shape index (κ2) is 7.03. The molecule has 0 fully saturated rings. The summed E-state index contributed by atoms with van der Waals surface area (Å²) < 4.78 is 0. The van der Waals surface area contributed by atoms with Gasteiger partial charge in [0.25, 0.3) is 0 Å². The fourth-order valence-corrected chi connectivity index (χ4v) is 1.82. The van der Waals surface area contributed by atoms with Gasteiger partial charge >= 0.3 is 0 Å². The molecule has 0 unspecified atom stereocenters. The van der Waals surface area contributed by atoms with E-state index in [4.69, 9.17) is 5.26 Å². The Morgan fingerprint density at radius 1 is 1.47 bits per heavy atom. The summed E-state index contributed by atoms with van der Waals surface area (Å²) in [5.74, 6) is 0. The van der Waals surface area contributed by atoms with E-state index in [0.29, 0.717) is 0 Å². The summed E-state index contributed by atoms with van der Waals surface area (Å²) in [6.45, 7) is 7.53. The first kappa shape index (κ1) is 14.7. The van der Waals surface area contributed by atoms with Gasteiger partial charge in [-0.25, -0.2) is 0 Å². The van der Waals surface area contributed by atoms with Crippen LogP contribution in [-0.4, -0.2) is 10.7 Å². The lowest BCUT2D eigenvalue weighted by Gasteiger charge is -2.17. The summed E-state index contributed by atoms with van der Waals surface area (Å²) in [7, 11) is 0. The standard InChI is InChI=1S/C12H15Br2N/c1-4-11(12(2,3)9-15)7-10(8-14)5-6-13/h4-5,7H,1,6,8H2,2-3H3/b10-5+,11-7+. The number of alkyl halides is 2. The highest BCUT2D eigenvalue weighted by Crippen LogP contribution is 2.27. The van der Waals surface area contributed by atoms with Gasteiger partial charge in [0.05, 0.1) is 11.5 Å². The SMILES string of the molecule is C=C/C(=C\C(=C/CBr)CBr)C(C)(C)C#N. The van der Waals surface area contributed by atoms with E-state index in [-0.39, 0.29) is 0 Å². The van der Waals surface area contributed by atoms with Gasteiger partial charge in [-0.3, -0.25) is 0 Å². The molecule has 0 rings (SSSR count). The normalized spacial score (nSPS) is 13.5. The van der Waals surface area contributed by atoms with Gasteiger partial charge in [-0.15, -0.1) is 0 Å². The van der Waals surface area contributed by atoms with Crippen molar-refractivity contribution in [2.45, 2.75) is 13.8 Å². The molecule has 0 radical (unpaired) electrons. The predicted octanol–water partition coefficient (Wildman–Crippen LogP) is 4.36. The van der Waals surface area contributed by atoms with Crippen LogP contribution in [0.4, 0.5) is 0 Å². The molecule has 0 atom stereocenters. The van der Waals surface area contributed by atoms with E-state index in [1.165, 1.54) is 0 Å². The van der Waals surface area contributed by atoms with Crippen LogP contribution in [0.15, 0.2) is 36.0 Å². The van der Waals surface area contributed by atoms with Crippen molar-refractivity contribution in [2.24, 2.45) is 5.41 Å². The van der Waals surface area contributed by atoms with Crippen molar-refractivity contribution in [2.75, 3.05) is 10.7 Å². The van der Waals surface area contributed by atoms with E-state index >= 15 is 0 Å². The van der Waals surface area contributed by atoms with E-state index in [1.807, 2.05) is 19.9 Å². The van der Waals surface area contributed by atoms with Crippen LogP contribution in [0.2, 0.25) is 0 Å². The minimum atomic E-state index is -0.491. The lowest BCUT2D eigenvalue weighted by molar-refractivity contribution is 0.612. The Morgan fingerprint density at radius 2 is 2.07 bits per heavy atom. The van der Waals surface area contributed by atoms with Crippen molar-refractivity contribution in [1.29, 1.82) is 5.26 Å². The van der Waals surface area contributed by atoms with Gasteiger partial charge in [0.15, 0.2) is 0 Å². The highest BCUT2D eigenvalue weighted by Gasteiger charge is 2.20. The molecule has 0 amide bonds. The Hall–Kier alpha value is -0.330. The lowest BCUT2D eigenvalue weighted by Crippen LogP contribution is -2.10. The molecule has 15 heavy (non-hydrogen) atoms. The molecule has 82 valence electrons. The number of nitriles is 1. The maximum absolute atomic E-state index is 9.03. The molecule has 0 heterocycles. The van der Waals surface area contributed by atoms with E-state index < -0.39 is 5.41 Å². The highest BCUT2D eigenvalue weighted by molar-refractivity contribution is 9.09. The van der Waals surface area contributed by atoms with Gasteiger partial charge in [-0.1, -0.05) is 56.7 Å². The van der Waals surface area contributed by atoms with Crippen LogP contribution < -0.4 is 0 Å². The first-order valence-electron chi connectivity index (χ1n) is 4.58. The fraction of sp³-hybridized carbons (Fsp3) is 0.417. The molecular formula is C12H15Br2N. The molecule has 0 aromatic carbocycles. The van der Waals surface area contributed by atoms with Crippen molar-refractivity contribution in [1.82, 2.24) is 0 Å². The van der Waals surface area contributed by atoms with Crippen LogP contribution in [0.5, 0.6) is 0 Å². The quantitative estimate of drug-likeness (QED) is 0.542. The Kier molecular flexibility index (Phi) is 6.87. The van der Waals surface area contributed by atoms with E-state index in [1.54, 1.807) is 6.08 Å². The summed E-state index contributed by atoms with van der Waals surface area (Å²) in [5.41, 5.74) is 1.59. The Bertz CT molecular complexity index is 319. The molecule has 0 spiro atoms. The Balaban J connectivity index is 5.14.